The highest BCUT2D eigenvalue weighted by molar-refractivity contribution is 7.19. The summed E-state index contributed by atoms with van der Waals surface area (Å²) in [6.45, 7) is 5.57. The van der Waals surface area contributed by atoms with Crippen LogP contribution in [-0.2, 0) is 6.54 Å². The van der Waals surface area contributed by atoms with Gasteiger partial charge >= 0.3 is 0 Å². The quantitative estimate of drug-likeness (QED) is 0.572. The molecule has 0 aromatic carbocycles. The maximum absolute atomic E-state index is 6.03. The standard InChI is InChI=1S/C15H18ClN5OS2/c1-3-9(4-2)8-22-15-19-11-12(18-7-10-17-5-6-23-10)20-14(16)21-13(11)24-15/h5-6,9H,3-4,7-8H2,1-2H3,(H,18,20,21). The molecule has 6 nitrogen and oxygen atoms in total. The lowest BCUT2D eigenvalue weighted by molar-refractivity contribution is 0.240. The Kier molecular flexibility index (Phi) is 5.80. The second-order valence-electron chi connectivity index (χ2n) is 5.25. The van der Waals surface area contributed by atoms with E-state index >= 15 is 0 Å². The molecule has 0 amide bonds. The van der Waals surface area contributed by atoms with Crippen molar-refractivity contribution in [3.63, 3.8) is 0 Å². The molecule has 0 saturated heterocycles. The molecular weight excluding hydrogens is 366 g/mol. The maximum atomic E-state index is 6.03. The van der Waals surface area contributed by atoms with Crippen LogP contribution in [0.25, 0.3) is 10.3 Å². The normalized spacial score (nSPS) is 11.3. The summed E-state index contributed by atoms with van der Waals surface area (Å²) in [5.74, 6) is 1.14. The minimum atomic E-state index is 0.194. The average molecular weight is 384 g/mol. The topological polar surface area (TPSA) is 72.8 Å². The van der Waals surface area contributed by atoms with Crippen molar-refractivity contribution in [2.45, 2.75) is 33.2 Å². The third-order valence-electron chi connectivity index (χ3n) is 3.70. The zero-order chi connectivity index (χ0) is 16.9. The van der Waals surface area contributed by atoms with Gasteiger partial charge in [-0.3, -0.25) is 0 Å². The van der Waals surface area contributed by atoms with E-state index in [1.165, 1.54) is 11.3 Å². The second-order valence-corrected chi connectivity index (χ2v) is 7.50. The van der Waals surface area contributed by atoms with Gasteiger partial charge in [0.2, 0.25) is 5.28 Å². The van der Waals surface area contributed by atoms with Crippen LogP contribution in [0.1, 0.15) is 31.7 Å². The van der Waals surface area contributed by atoms with Gasteiger partial charge in [0.15, 0.2) is 10.6 Å². The Bertz CT molecular complexity index is 789. The molecule has 3 heterocycles. The molecule has 0 saturated carbocycles. The molecule has 0 fully saturated rings. The molecule has 9 heteroatoms. The SMILES string of the molecule is CCC(CC)COc1nc2c(NCc3nccs3)nc(Cl)nc2s1. The molecule has 0 bridgehead atoms. The highest BCUT2D eigenvalue weighted by Crippen LogP contribution is 2.31. The summed E-state index contributed by atoms with van der Waals surface area (Å²) >= 11 is 9.00. The van der Waals surface area contributed by atoms with Crippen molar-refractivity contribution in [1.82, 2.24) is 19.9 Å². The van der Waals surface area contributed by atoms with Gasteiger partial charge in [-0.1, -0.05) is 38.0 Å². The number of nitrogens with one attached hydrogen (secondary N) is 1. The molecule has 128 valence electrons. The lowest BCUT2D eigenvalue weighted by Crippen LogP contribution is -2.09. The molecule has 0 radical (unpaired) electrons. The average Bonchev–Trinajstić information content (AvgIpc) is 3.22. The van der Waals surface area contributed by atoms with Crippen LogP contribution in [0.4, 0.5) is 5.82 Å². The number of anilines is 1. The van der Waals surface area contributed by atoms with Crippen LogP contribution in [0.15, 0.2) is 11.6 Å². The molecule has 0 unspecified atom stereocenters. The molecular formula is C15H18ClN5OS2. The van der Waals surface area contributed by atoms with Crippen molar-refractivity contribution in [3.8, 4) is 5.19 Å². The first-order valence-electron chi connectivity index (χ1n) is 7.78. The van der Waals surface area contributed by atoms with Gasteiger partial charge in [-0.15, -0.1) is 11.3 Å². The van der Waals surface area contributed by atoms with Crippen LogP contribution in [0.3, 0.4) is 0 Å². The minimum absolute atomic E-state index is 0.194. The number of hydrogen-bond acceptors (Lipinski definition) is 8. The highest BCUT2D eigenvalue weighted by atomic mass is 35.5. The molecule has 3 aromatic rings. The fraction of sp³-hybridized carbons (Fsp3) is 0.467. The maximum Gasteiger partial charge on any atom is 0.275 e. The summed E-state index contributed by atoms with van der Waals surface area (Å²) in [7, 11) is 0. The van der Waals surface area contributed by atoms with E-state index in [1.54, 1.807) is 17.5 Å². The first-order valence-corrected chi connectivity index (χ1v) is 9.86. The van der Waals surface area contributed by atoms with Crippen molar-refractivity contribution < 1.29 is 4.74 Å². The fourth-order valence-electron chi connectivity index (χ4n) is 2.18. The molecule has 3 rings (SSSR count). The zero-order valence-electron chi connectivity index (χ0n) is 13.5. The van der Waals surface area contributed by atoms with Gasteiger partial charge < -0.3 is 10.1 Å². The van der Waals surface area contributed by atoms with Crippen molar-refractivity contribution in [3.05, 3.63) is 21.9 Å². The Hall–Kier alpha value is -1.51. The van der Waals surface area contributed by atoms with E-state index in [2.05, 4.69) is 39.1 Å². The van der Waals surface area contributed by atoms with Crippen LogP contribution < -0.4 is 10.1 Å². The number of rotatable bonds is 8. The van der Waals surface area contributed by atoms with Gasteiger partial charge in [-0.2, -0.15) is 9.97 Å². The van der Waals surface area contributed by atoms with Crippen LogP contribution >= 0.6 is 34.3 Å². The lowest BCUT2D eigenvalue weighted by atomic mass is 10.1. The van der Waals surface area contributed by atoms with Crippen molar-refractivity contribution >= 4 is 50.4 Å². The number of hydrogen-bond donors (Lipinski definition) is 1. The van der Waals surface area contributed by atoms with Gasteiger partial charge in [0.1, 0.15) is 10.5 Å². The Morgan fingerprint density at radius 3 is 2.79 bits per heavy atom. The largest absolute Gasteiger partial charge is 0.470 e. The number of halogens is 1. The summed E-state index contributed by atoms with van der Waals surface area (Å²) < 4.78 is 5.84. The summed E-state index contributed by atoms with van der Waals surface area (Å²) in [5.41, 5.74) is 0.681. The van der Waals surface area contributed by atoms with E-state index in [1.807, 2.05) is 5.38 Å². The molecule has 3 aromatic heterocycles. The van der Waals surface area contributed by atoms with Crippen LogP contribution in [-0.4, -0.2) is 26.5 Å². The Morgan fingerprint density at radius 2 is 2.08 bits per heavy atom. The van der Waals surface area contributed by atoms with Crippen LogP contribution in [0.2, 0.25) is 5.28 Å². The van der Waals surface area contributed by atoms with Gasteiger partial charge in [0, 0.05) is 11.6 Å². The first kappa shape index (κ1) is 17.3. The summed E-state index contributed by atoms with van der Waals surface area (Å²) in [5, 5.41) is 6.94. The molecule has 0 atom stereocenters. The Balaban J connectivity index is 1.78. The second kappa shape index (κ2) is 8.04. The molecule has 1 N–H and O–H groups in total. The van der Waals surface area contributed by atoms with Crippen LogP contribution in [0, 0.1) is 5.92 Å². The number of nitrogens with zero attached hydrogens (tertiary/aromatic N) is 4. The predicted molar refractivity (Wildman–Crippen MR) is 99.2 cm³/mol. The number of aromatic nitrogens is 4. The molecule has 0 spiro atoms. The van der Waals surface area contributed by atoms with E-state index in [0.29, 0.717) is 35.6 Å². The van der Waals surface area contributed by atoms with E-state index in [9.17, 15) is 0 Å². The van der Waals surface area contributed by atoms with Crippen molar-refractivity contribution in [2.75, 3.05) is 11.9 Å². The van der Waals surface area contributed by atoms with Gasteiger partial charge in [-0.25, -0.2) is 9.97 Å². The minimum Gasteiger partial charge on any atom is -0.470 e. The van der Waals surface area contributed by atoms with E-state index in [0.717, 1.165) is 22.7 Å². The van der Waals surface area contributed by atoms with E-state index < -0.39 is 0 Å². The Morgan fingerprint density at radius 1 is 1.25 bits per heavy atom. The lowest BCUT2D eigenvalue weighted by Gasteiger charge is -2.11. The summed E-state index contributed by atoms with van der Waals surface area (Å²) in [6.07, 6.45) is 3.96. The number of fused-ring (bicyclic) bond motifs is 1. The zero-order valence-corrected chi connectivity index (χ0v) is 15.8. The molecule has 0 aliphatic carbocycles. The third kappa shape index (κ3) is 4.12. The van der Waals surface area contributed by atoms with Crippen molar-refractivity contribution in [1.29, 1.82) is 0 Å². The third-order valence-corrected chi connectivity index (χ3v) is 5.51. The predicted octanol–water partition coefficient (Wildman–Crippen LogP) is 4.62. The fourth-order valence-corrected chi connectivity index (χ4v) is 3.75. The number of ether oxygens (including phenoxy) is 1. The van der Waals surface area contributed by atoms with E-state index in [4.69, 9.17) is 16.3 Å². The molecule has 0 aliphatic heterocycles. The highest BCUT2D eigenvalue weighted by Gasteiger charge is 2.15. The first-order chi connectivity index (χ1) is 11.7. The smallest absolute Gasteiger partial charge is 0.275 e. The van der Waals surface area contributed by atoms with Gasteiger partial charge in [0.25, 0.3) is 5.19 Å². The van der Waals surface area contributed by atoms with Gasteiger partial charge in [0.05, 0.1) is 13.2 Å². The molecule has 0 aliphatic rings. The molecule has 24 heavy (non-hydrogen) atoms. The summed E-state index contributed by atoms with van der Waals surface area (Å²) in [6, 6.07) is 0. The monoisotopic (exact) mass is 383 g/mol. The Labute approximate surface area is 153 Å². The van der Waals surface area contributed by atoms with Crippen molar-refractivity contribution in [2.24, 2.45) is 5.92 Å². The van der Waals surface area contributed by atoms with Gasteiger partial charge in [-0.05, 0) is 17.5 Å². The number of thiazole rings is 2. The summed E-state index contributed by atoms with van der Waals surface area (Å²) in [4.78, 5) is 18.0. The van der Waals surface area contributed by atoms with E-state index in [-0.39, 0.29) is 5.28 Å². The van der Waals surface area contributed by atoms with Crippen LogP contribution in [0.5, 0.6) is 5.19 Å².